The number of rotatable bonds is 2. The zero-order valence-corrected chi connectivity index (χ0v) is 7.41. The summed E-state index contributed by atoms with van der Waals surface area (Å²) in [7, 11) is 0. The van der Waals surface area contributed by atoms with Crippen LogP contribution in [0.5, 0.6) is 0 Å². The Morgan fingerprint density at radius 2 is 2.27 bits per heavy atom. The second-order valence-corrected chi connectivity index (χ2v) is 2.71. The minimum Gasteiger partial charge on any atom is -0.476 e. The van der Waals surface area contributed by atoms with Crippen LogP contribution in [0, 0.1) is 0 Å². The first-order valence-electron chi connectivity index (χ1n) is 4.00. The summed E-state index contributed by atoms with van der Waals surface area (Å²) in [6.45, 7) is 0. The van der Waals surface area contributed by atoms with Gasteiger partial charge in [-0.05, 0) is 0 Å². The summed E-state index contributed by atoms with van der Waals surface area (Å²) in [6.07, 6.45) is 5.24. The van der Waals surface area contributed by atoms with Gasteiger partial charge in [0, 0.05) is 18.6 Å². The minimum atomic E-state index is -1.15. The molecule has 7 heteroatoms. The molecule has 0 saturated heterocycles. The molecule has 0 amide bonds. The Labute approximate surface area is 83.0 Å². The molecular formula is C8H6N4O3. The zero-order chi connectivity index (χ0) is 10.8. The molecule has 0 aliphatic heterocycles. The molecule has 0 aliphatic carbocycles. The number of carboxylic acids is 1. The molecule has 0 saturated carbocycles. The van der Waals surface area contributed by atoms with Gasteiger partial charge in [-0.3, -0.25) is 9.36 Å². The highest BCUT2D eigenvalue weighted by atomic mass is 16.4. The standard InChI is InChI=1S/C8H6N4O3/c13-7-6(9-1-2-10-7)12-3-5(8(14)15)11-4-12/h1-4H,(H,10,13)(H,14,15). The topological polar surface area (TPSA) is 101 Å². The van der Waals surface area contributed by atoms with Crippen molar-refractivity contribution in [3.63, 3.8) is 0 Å². The molecule has 2 N–H and O–H groups in total. The third-order valence-electron chi connectivity index (χ3n) is 1.74. The molecule has 2 aromatic rings. The lowest BCUT2D eigenvalue weighted by Gasteiger charge is -1.96. The highest BCUT2D eigenvalue weighted by molar-refractivity contribution is 5.85. The van der Waals surface area contributed by atoms with Crippen LogP contribution in [0.15, 0.2) is 29.7 Å². The van der Waals surface area contributed by atoms with Crippen LogP contribution in [0.3, 0.4) is 0 Å². The third-order valence-corrected chi connectivity index (χ3v) is 1.74. The van der Waals surface area contributed by atoms with Crippen LogP contribution in [0.2, 0.25) is 0 Å². The molecule has 0 aliphatic rings. The fourth-order valence-corrected chi connectivity index (χ4v) is 1.08. The van der Waals surface area contributed by atoms with Gasteiger partial charge in [-0.2, -0.15) is 0 Å². The van der Waals surface area contributed by atoms with Crippen molar-refractivity contribution < 1.29 is 9.90 Å². The van der Waals surface area contributed by atoms with Crippen LogP contribution in [0.1, 0.15) is 10.5 Å². The van der Waals surface area contributed by atoms with Gasteiger partial charge in [0.2, 0.25) is 5.82 Å². The van der Waals surface area contributed by atoms with Crippen molar-refractivity contribution in [3.05, 3.63) is 41.0 Å². The monoisotopic (exact) mass is 206 g/mol. The van der Waals surface area contributed by atoms with Gasteiger partial charge in [-0.25, -0.2) is 14.8 Å². The summed E-state index contributed by atoms with van der Waals surface area (Å²) in [4.78, 5) is 31.7. The van der Waals surface area contributed by atoms with Crippen molar-refractivity contribution in [2.75, 3.05) is 0 Å². The highest BCUT2D eigenvalue weighted by Gasteiger charge is 2.09. The predicted octanol–water partition coefficient (Wildman–Crippen LogP) is -0.346. The minimum absolute atomic E-state index is 0.0810. The first-order valence-corrected chi connectivity index (χ1v) is 4.00. The molecule has 7 nitrogen and oxygen atoms in total. The number of imidazole rings is 1. The third kappa shape index (κ3) is 1.62. The Morgan fingerprint density at radius 3 is 2.87 bits per heavy atom. The Morgan fingerprint density at radius 1 is 1.47 bits per heavy atom. The first-order chi connectivity index (χ1) is 7.18. The fourth-order valence-electron chi connectivity index (χ4n) is 1.08. The van der Waals surface area contributed by atoms with Gasteiger partial charge >= 0.3 is 5.97 Å². The summed E-state index contributed by atoms with van der Waals surface area (Å²) in [5, 5.41) is 8.63. The smallest absolute Gasteiger partial charge is 0.356 e. The number of nitrogens with one attached hydrogen (secondary N) is 1. The number of aromatic amines is 1. The Kier molecular flexibility index (Phi) is 2.05. The van der Waals surface area contributed by atoms with Gasteiger partial charge in [-0.15, -0.1) is 0 Å². The number of hydrogen-bond acceptors (Lipinski definition) is 4. The SMILES string of the molecule is O=C(O)c1cn(-c2ncc[nH]c2=O)cn1. The van der Waals surface area contributed by atoms with E-state index in [1.165, 1.54) is 29.5 Å². The number of hydrogen-bond donors (Lipinski definition) is 2. The van der Waals surface area contributed by atoms with Crippen molar-refractivity contribution in [1.29, 1.82) is 0 Å². The molecule has 2 rings (SSSR count). The number of carbonyl (C=O) groups is 1. The maximum absolute atomic E-state index is 11.3. The zero-order valence-electron chi connectivity index (χ0n) is 7.41. The molecule has 2 aromatic heterocycles. The molecule has 2 heterocycles. The number of H-pyrrole nitrogens is 1. The van der Waals surface area contributed by atoms with Gasteiger partial charge in [-0.1, -0.05) is 0 Å². The van der Waals surface area contributed by atoms with Crippen molar-refractivity contribution in [2.24, 2.45) is 0 Å². The Balaban J connectivity index is 2.51. The Bertz CT molecular complexity index is 557. The van der Waals surface area contributed by atoms with Crippen molar-refractivity contribution in [2.45, 2.75) is 0 Å². The lowest BCUT2D eigenvalue weighted by molar-refractivity contribution is 0.0691. The average molecular weight is 206 g/mol. The maximum atomic E-state index is 11.3. The number of carboxylic acid groups (broad SMARTS) is 1. The van der Waals surface area contributed by atoms with Gasteiger partial charge in [0.05, 0.1) is 0 Å². The molecule has 0 unspecified atom stereocenters. The van der Waals surface area contributed by atoms with Crippen molar-refractivity contribution >= 4 is 5.97 Å². The number of aromatic nitrogens is 4. The maximum Gasteiger partial charge on any atom is 0.356 e. The van der Waals surface area contributed by atoms with E-state index in [0.717, 1.165) is 0 Å². The largest absolute Gasteiger partial charge is 0.476 e. The van der Waals surface area contributed by atoms with E-state index in [1.54, 1.807) is 0 Å². The van der Waals surface area contributed by atoms with Crippen LogP contribution >= 0.6 is 0 Å². The van der Waals surface area contributed by atoms with Gasteiger partial charge < -0.3 is 10.1 Å². The second kappa shape index (κ2) is 3.37. The normalized spacial score (nSPS) is 10.1. The van der Waals surface area contributed by atoms with E-state index in [1.807, 2.05) is 0 Å². The van der Waals surface area contributed by atoms with Crippen LogP contribution in [-0.2, 0) is 0 Å². The van der Waals surface area contributed by atoms with E-state index in [2.05, 4.69) is 15.0 Å². The number of nitrogens with zero attached hydrogens (tertiary/aromatic N) is 3. The summed E-state index contributed by atoms with van der Waals surface area (Å²) >= 11 is 0. The van der Waals surface area contributed by atoms with E-state index in [-0.39, 0.29) is 11.5 Å². The molecule has 0 atom stereocenters. The van der Waals surface area contributed by atoms with Crippen LogP contribution in [0.4, 0.5) is 0 Å². The Hall–Kier alpha value is -2.44. The van der Waals surface area contributed by atoms with Crippen molar-refractivity contribution in [3.8, 4) is 5.82 Å². The summed E-state index contributed by atoms with van der Waals surface area (Å²) in [5.41, 5.74) is -0.549. The molecular weight excluding hydrogens is 200 g/mol. The predicted molar refractivity (Wildman–Crippen MR) is 48.9 cm³/mol. The molecule has 0 bridgehead atoms. The van der Waals surface area contributed by atoms with E-state index >= 15 is 0 Å². The molecule has 0 spiro atoms. The van der Waals surface area contributed by atoms with E-state index < -0.39 is 11.5 Å². The molecule has 0 radical (unpaired) electrons. The molecule has 0 fully saturated rings. The molecule has 76 valence electrons. The first kappa shape index (κ1) is 9.13. The van der Waals surface area contributed by atoms with E-state index in [4.69, 9.17) is 5.11 Å². The molecule has 15 heavy (non-hydrogen) atoms. The van der Waals surface area contributed by atoms with E-state index in [0.29, 0.717) is 0 Å². The molecule has 0 aromatic carbocycles. The van der Waals surface area contributed by atoms with E-state index in [9.17, 15) is 9.59 Å². The lowest BCUT2D eigenvalue weighted by Crippen LogP contribution is -2.14. The number of aromatic carboxylic acids is 1. The second-order valence-electron chi connectivity index (χ2n) is 2.71. The van der Waals surface area contributed by atoms with Crippen LogP contribution in [0.25, 0.3) is 5.82 Å². The lowest BCUT2D eigenvalue weighted by atomic mass is 10.5. The summed E-state index contributed by atoms with van der Waals surface area (Å²) in [5.74, 6) is -1.07. The summed E-state index contributed by atoms with van der Waals surface area (Å²) < 4.78 is 1.25. The van der Waals surface area contributed by atoms with Crippen LogP contribution in [-0.4, -0.2) is 30.6 Å². The van der Waals surface area contributed by atoms with Gasteiger partial charge in [0.25, 0.3) is 5.56 Å². The summed E-state index contributed by atoms with van der Waals surface area (Å²) in [6, 6.07) is 0. The van der Waals surface area contributed by atoms with Crippen molar-refractivity contribution in [1.82, 2.24) is 19.5 Å². The van der Waals surface area contributed by atoms with Gasteiger partial charge in [0.1, 0.15) is 6.33 Å². The quantitative estimate of drug-likeness (QED) is 0.699. The van der Waals surface area contributed by atoms with Gasteiger partial charge in [0.15, 0.2) is 5.69 Å². The average Bonchev–Trinajstić information content (AvgIpc) is 2.67. The van der Waals surface area contributed by atoms with Crippen LogP contribution < -0.4 is 5.56 Å². The fraction of sp³-hybridized carbons (Fsp3) is 0. The highest BCUT2D eigenvalue weighted by Crippen LogP contribution is 2.00.